The lowest BCUT2D eigenvalue weighted by Crippen LogP contribution is -2.35. The number of aliphatic hydroxyl groups excluding tert-OH is 1. The van der Waals surface area contributed by atoms with Gasteiger partial charge in [-0.1, -0.05) is 47.6 Å². The molecule has 0 aliphatic heterocycles. The summed E-state index contributed by atoms with van der Waals surface area (Å²) in [6.45, 7) is 0.661. The van der Waals surface area contributed by atoms with Gasteiger partial charge in [-0.25, -0.2) is 4.98 Å². The highest BCUT2D eigenvalue weighted by Crippen LogP contribution is 2.32. The molecule has 1 amide bonds. The van der Waals surface area contributed by atoms with Gasteiger partial charge in [0, 0.05) is 19.3 Å². The van der Waals surface area contributed by atoms with Gasteiger partial charge in [-0.05, 0) is 24.7 Å². The highest BCUT2D eigenvalue weighted by atomic mass is 35.5. The van der Waals surface area contributed by atoms with Crippen molar-refractivity contribution in [2.75, 3.05) is 13.2 Å². The highest BCUT2D eigenvalue weighted by molar-refractivity contribution is 6.48. The zero-order valence-corrected chi connectivity index (χ0v) is 13.7. The SMILES string of the molecule is O=C(NCC1CCCCC1CO)c1ncc(Cl)c(Cl)c1Cl. The third-order valence-electron chi connectivity index (χ3n) is 3.96. The zero-order chi connectivity index (χ0) is 15.4. The molecular weight excluding hydrogens is 335 g/mol. The summed E-state index contributed by atoms with van der Waals surface area (Å²) < 4.78 is 0. The molecule has 0 radical (unpaired) electrons. The van der Waals surface area contributed by atoms with E-state index >= 15 is 0 Å². The van der Waals surface area contributed by atoms with Crippen LogP contribution in [0, 0.1) is 11.8 Å². The Bertz CT molecular complexity index is 525. The van der Waals surface area contributed by atoms with Crippen LogP contribution in [0.15, 0.2) is 6.20 Å². The number of rotatable bonds is 4. The van der Waals surface area contributed by atoms with Gasteiger partial charge >= 0.3 is 0 Å². The third kappa shape index (κ3) is 4.01. The Hall–Kier alpha value is -0.550. The Labute approximate surface area is 138 Å². The van der Waals surface area contributed by atoms with Gasteiger partial charge in [0.05, 0.1) is 15.1 Å². The first kappa shape index (κ1) is 16.8. The van der Waals surface area contributed by atoms with Gasteiger partial charge in [-0.2, -0.15) is 0 Å². The summed E-state index contributed by atoms with van der Waals surface area (Å²) in [5, 5.41) is 12.6. The van der Waals surface area contributed by atoms with Crippen molar-refractivity contribution < 1.29 is 9.90 Å². The topological polar surface area (TPSA) is 62.2 Å². The fourth-order valence-corrected chi connectivity index (χ4v) is 3.27. The van der Waals surface area contributed by atoms with Crippen molar-refractivity contribution in [1.29, 1.82) is 0 Å². The minimum Gasteiger partial charge on any atom is -0.396 e. The summed E-state index contributed by atoms with van der Waals surface area (Å²) >= 11 is 17.7. The van der Waals surface area contributed by atoms with Gasteiger partial charge in [0.2, 0.25) is 0 Å². The number of pyridine rings is 1. The molecule has 0 bridgehead atoms. The number of amides is 1. The normalized spacial score (nSPS) is 22.1. The lowest BCUT2D eigenvalue weighted by molar-refractivity contribution is 0.0905. The van der Waals surface area contributed by atoms with Crippen LogP contribution in [0.5, 0.6) is 0 Å². The molecule has 21 heavy (non-hydrogen) atoms. The van der Waals surface area contributed by atoms with Gasteiger partial charge in [-0.15, -0.1) is 0 Å². The van der Waals surface area contributed by atoms with Crippen LogP contribution in [0.1, 0.15) is 36.2 Å². The molecule has 2 unspecified atom stereocenters. The highest BCUT2D eigenvalue weighted by Gasteiger charge is 2.25. The molecular formula is C14H17Cl3N2O2. The largest absolute Gasteiger partial charge is 0.396 e. The van der Waals surface area contributed by atoms with E-state index in [1.165, 1.54) is 6.20 Å². The van der Waals surface area contributed by atoms with Crippen LogP contribution in [0.25, 0.3) is 0 Å². The molecule has 1 aromatic rings. The fourth-order valence-electron chi connectivity index (χ4n) is 2.70. The second kappa shape index (κ2) is 7.63. The van der Waals surface area contributed by atoms with E-state index in [1.54, 1.807) is 0 Å². The lowest BCUT2D eigenvalue weighted by atomic mass is 9.79. The minimum atomic E-state index is -0.374. The predicted octanol–water partition coefficient (Wildman–Crippen LogP) is 3.57. The monoisotopic (exact) mass is 350 g/mol. The number of aromatic nitrogens is 1. The minimum absolute atomic E-state index is 0.0593. The standard InChI is InChI=1S/C14H17Cl3N2O2/c15-10-6-18-13(12(17)11(10)16)14(21)19-5-8-3-1-2-4-9(8)7-20/h6,8-9,20H,1-5,7H2,(H,19,21). The number of halogens is 3. The van der Waals surface area contributed by atoms with Crippen LogP contribution in [0.3, 0.4) is 0 Å². The van der Waals surface area contributed by atoms with Crippen LogP contribution >= 0.6 is 34.8 Å². The molecule has 2 rings (SSSR count). The molecule has 1 aliphatic carbocycles. The maximum Gasteiger partial charge on any atom is 0.271 e. The Balaban J connectivity index is 2.00. The molecule has 116 valence electrons. The molecule has 2 N–H and O–H groups in total. The van der Waals surface area contributed by atoms with E-state index < -0.39 is 0 Å². The zero-order valence-electron chi connectivity index (χ0n) is 11.4. The van der Waals surface area contributed by atoms with E-state index in [-0.39, 0.29) is 45.1 Å². The molecule has 0 saturated heterocycles. The molecule has 1 aliphatic rings. The summed E-state index contributed by atoms with van der Waals surface area (Å²) in [7, 11) is 0. The van der Waals surface area contributed by atoms with E-state index in [9.17, 15) is 9.90 Å². The molecule has 0 spiro atoms. The molecule has 0 aromatic carbocycles. The summed E-state index contributed by atoms with van der Waals surface area (Å²) in [4.78, 5) is 16.1. The molecule has 2 atom stereocenters. The van der Waals surface area contributed by atoms with Crippen LogP contribution in [0.2, 0.25) is 15.1 Å². The Kier molecular flexibility index (Phi) is 6.11. The molecule has 1 fully saturated rings. The van der Waals surface area contributed by atoms with Crippen molar-refractivity contribution in [2.24, 2.45) is 11.8 Å². The van der Waals surface area contributed by atoms with E-state index in [2.05, 4.69) is 10.3 Å². The van der Waals surface area contributed by atoms with Crippen molar-refractivity contribution in [1.82, 2.24) is 10.3 Å². The van der Waals surface area contributed by atoms with Gasteiger partial charge in [0.15, 0.2) is 0 Å². The van der Waals surface area contributed by atoms with Gasteiger partial charge in [0.1, 0.15) is 5.69 Å². The van der Waals surface area contributed by atoms with Gasteiger partial charge in [0.25, 0.3) is 5.91 Å². The molecule has 1 saturated carbocycles. The number of carbonyl (C=O) groups is 1. The first-order valence-corrected chi connectivity index (χ1v) is 8.06. The number of nitrogens with one attached hydrogen (secondary N) is 1. The Morgan fingerprint density at radius 2 is 1.90 bits per heavy atom. The average Bonchev–Trinajstić information content (AvgIpc) is 2.50. The average molecular weight is 352 g/mol. The second-order valence-corrected chi connectivity index (χ2v) is 6.44. The maximum absolute atomic E-state index is 12.1. The van der Waals surface area contributed by atoms with E-state index in [1.807, 2.05) is 0 Å². The third-order valence-corrected chi connectivity index (χ3v) is 5.20. The van der Waals surface area contributed by atoms with Crippen molar-refractivity contribution in [2.45, 2.75) is 25.7 Å². The summed E-state index contributed by atoms with van der Waals surface area (Å²) in [6.07, 6.45) is 5.58. The first-order chi connectivity index (χ1) is 10.0. The van der Waals surface area contributed by atoms with Crippen LogP contribution in [0.4, 0.5) is 0 Å². The number of hydrogen-bond donors (Lipinski definition) is 2. The number of hydrogen-bond acceptors (Lipinski definition) is 3. The van der Waals surface area contributed by atoms with Gasteiger partial charge < -0.3 is 10.4 Å². The molecule has 1 heterocycles. The predicted molar refractivity (Wildman–Crippen MR) is 84.1 cm³/mol. The number of carbonyl (C=O) groups excluding carboxylic acids is 1. The lowest BCUT2D eigenvalue weighted by Gasteiger charge is -2.30. The van der Waals surface area contributed by atoms with E-state index in [0.717, 1.165) is 25.7 Å². The summed E-state index contributed by atoms with van der Waals surface area (Å²) in [5.41, 5.74) is 0.0717. The first-order valence-electron chi connectivity index (χ1n) is 6.93. The number of aliphatic hydroxyl groups is 1. The quantitative estimate of drug-likeness (QED) is 0.871. The van der Waals surface area contributed by atoms with E-state index in [4.69, 9.17) is 34.8 Å². The Morgan fingerprint density at radius 1 is 1.24 bits per heavy atom. The maximum atomic E-state index is 12.1. The summed E-state index contributed by atoms with van der Waals surface area (Å²) in [5.74, 6) is 0.159. The second-order valence-electron chi connectivity index (χ2n) is 5.28. The van der Waals surface area contributed by atoms with Crippen LogP contribution in [-0.2, 0) is 0 Å². The number of nitrogens with zero attached hydrogens (tertiary/aromatic N) is 1. The molecule has 7 heteroatoms. The van der Waals surface area contributed by atoms with Crippen LogP contribution < -0.4 is 5.32 Å². The molecule has 4 nitrogen and oxygen atoms in total. The van der Waals surface area contributed by atoms with Crippen molar-refractivity contribution >= 4 is 40.7 Å². The van der Waals surface area contributed by atoms with Crippen molar-refractivity contribution in [3.8, 4) is 0 Å². The van der Waals surface area contributed by atoms with Crippen LogP contribution in [-0.4, -0.2) is 29.1 Å². The fraction of sp³-hybridized carbons (Fsp3) is 0.571. The van der Waals surface area contributed by atoms with Crippen molar-refractivity contribution in [3.05, 3.63) is 27.0 Å². The van der Waals surface area contributed by atoms with Crippen molar-refractivity contribution in [3.63, 3.8) is 0 Å². The smallest absolute Gasteiger partial charge is 0.271 e. The van der Waals surface area contributed by atoms with Gasteiger partial charge in [-0.3, -0.25) is 4.79 Å². The molecule has 1 aromatic heterocycles. The Morgan fingerprint density at radius 3 is 2.57 bits per heavy atom. The summed E-state index contributed by atoms with van der Waals surface area (Å²) in [6, 6.07) is 0. The van der Waals surface area contributed by atoms with E-state index in [0.29, 0.717) is 6.54 Å².